The predicted octanol–water partition coefficient (Wildman–Crippen LogP) is 3.31. The van der Waals surface area contributed by atoms with Crippen LogP contribution >= 0.6 is 0 Å². The molecule has 0 aliphatic rings. The third-order valence-electron chi connectivity index (χ3n) is 4.00. The number of non-ortho nitro benzene ring substituents is 1. The summed E-state index contributed by atoms with van der Waals surface area (Å²) >= 11 is 0. The van der Waals surface area contributed by atoms with Gasteiger partial charge in [-0.25, -0.2) is 4.39 Å². The van der Waals surface area contributed by atoms with Crippen LogP contribution in [0.15, 0.2) is 42.5 Å². The standard InChI is InChI=1S/C17H16FN5O3/c1-21(12-6-4-11(18)5-7-12)17-20-19-16(22(17)2)14-9-8-13(23(24)25)10-15(14)26-3/h4-10H,1-3H3. The summed E-state index contributed by atoms with van der Waals surface area (Å²) in [5.74, 6) is 1.01. The van der Waals surface area contributed by atoms with Crippen LogP contribution in [0, 0.1) is 15.9 Å². The predicted molar refractivity (Wildman–Crippen MR) is 94.1 cm³/mol. The Labute approximate surface area is 148 Å². The lowest BCUT2D eigenvalue weighted by Gasteiger charge is -2.18. The van der Waals surface area contributed by atoms with E-state index in [2.05, 4.69) is 10.2 Å². The van der Waals surface area contributed by atoms with Gasteiger partial charge in [0.25, 0.3) is 5.69 Å². The average Bonchev–Trinajstić information content (AvgIpc) is 3.02. The average molecular weight is 357 g/mol. The van der Waals surface area contributed by atoms with Crippen LogP contribution < -0.4 is 9.64 Å². The number of halogens is 1. The first kappa shape index (κ1) is 17.3. The molecule has 0 radical (unpaired) electrons. The van der Waals surface area contributed by atoms with Crippen molar-refractivity contribution in [3.63, 3.8) is 0 Å². The van der Waals surface area contributed by atoms with E-state index in [1.807, 2.05) is 0 Å². The molecule has 0 saturated carbocycles. The van der Waals surface area contributed by atoms with Crippen molar-refractivity contribution in [1.29, 1.82) is 0 Å². The first-order chi connectivity index (χ1) is 12.4. The second-order valence-electron chi connectivity index (χ2n) is 5.56. The molecule has 26 heavy (non-hydrogen) atoms. The molecule has 3 rings (SSSR count). The van der Waals surface area contributed by atoms with Gasteiger partial charge in [0.2, 0.25) is 5.95 Å². The van der Waals surface area contributed by atoms with Crippen LogP contribution in [0.3, 0.4) is 0 Å². The van der Waals surface area contributed by atoms with Crippen LogP contribution in [0.25, 0.3) is 11.4 Å². The fourth-order valence-electron chi connectivity index (χ4n) is 2.61. The number of ether oxygens (including phenoxy) is 1. The van der Waals surface area contributed by atoms with Crippen molar-refractivity contribution in [3.05, 3.63) is 58.4 Å². The molecule has 0 unspecified atom stereocenters. The molecule has 0 amide bonds. The number of anilines is 2. The van der Waals surface area contributed by atoms with Gasteiger partial charge >= 0.3 is 0 Å². The highest BCUT2D eigenvalue weighted by Crippen LogP contribution is 2.34. The molecule has 0 aliphatic carbocycles. The number of rotatable bonds is 5. The second kappa shape index (κ2) is 6.79. The van der Waals surface area contributed by atoms with Gasteiger partial charge in [0.05, 0.1) is 23.7 Å². The van der Waals surface area contributed by atoms with Crippen molar-refractivity contribution in [3.8, 4) is 17.1 Å². The van der Waals surface area contributed by atoms with Gasteiger partial charge in [0.15, 0.2) is 5.82 Å². The fourth-order valence-corrected chi connectivity index (χ4v) is 2.61. The molecule has 0 atom stereocenters. The molecule has 2 aromatic carbocycles. The molecule has 1 aromatic heterocycles. The number of aromatic nitrogens is 3. The molecule has 0 aliphatic heterocycles. The van der Waals surface area contributed by atoms with E-state index < -0.39 is 4.92 Å². The molecular weight excluding hydrogens is 341 g/mol. The smallest absolute Gasteiger partial charge is 0.273 e. The summed E-state index contributed by atoms with van der Waals surface area (Å²) in [7, 11) is 4.99. The van der Waals surface area contributed by atoms with Gasteiger partial charge < -0.3 is 9.64 Å². The number of hydrogen-bond donors (Lipinski definition) is 0. The Morgan fingerprint density at radius 3 is 2.50 bits per heavy atom. The van der Waals surface area contributed by atoms with Crippen LogP contribution in [0.2, 0.25) is 0 Å². The third kappa shape index (κ3) is 3.06. The monoisotopic (exact) mass is 357 g/mol. The molecule has 9 heteroatoms. The Morgan fingerprint density at radius 1 is 1.19 bits per heavy atom. The molecule has 0 fully saturated rings. The quantitative estimate of drug-likeness (QED) is 0.514. The van der Waals surface area contributed by atoms with E-state index in [1.54, 1.807) is 41.8 Å². The van der Waals surface area contributed by atoms with Gasteiger partial charge in [-0.2, -0.15) is 0 Å². The van der Waals surface area contributed by atoms with Crippen LogP contribution in [0.4, 0.5) is 21.7 Å². The number of methoxy groups -OCH3 is 1. The lowest BCUT2D eigenvalue weighted by atomic mass is 10.1. The number of nitro groups is 1. The highest BCUT2D eigenvalue weighted by Gasteiger charge is 2.20. The molecule has 0 N–H and O–H groups in total. The van der Waals surface area contributed by atoms with Crippen LogP contribution in [-0.2, 0) is 7.05 Å². The highest BCUT2D eigenvalue weighted by molar-refractivity contribution is 5.69. The van der Waals surface area contributed by atoms with Crippen LogP contribution in [0.1, 0.15) is 0 Å². The Hall–Kier alpha value is -3.49. The largest absolute Gasteiger partial charge is 0.496 e. The SMILES string of the molecule is COc1cc([N+](=O)[O-])ccc1-c1nnc(N(C)c2ccc(F)cc2)n1C. The zero-order valence-electron chi connectivity index (χ0n) is 14.4. The number of benzene rings is 2. The van der Waals surface area contributed by atoms with Gasteiger partial charge in [0, 0.05) is 25.8 Å². The lowest BCUT2D eigenvalue weighted by molar-refractivity contribution is -0.384. The third-order valence-corrected chi connectivity index (χ3v) is 4.00. The van der Waals surface area contributed by atoms with E-state index in [9.17, 15) is 14.5 Å². The first-order valence-electron chi connectivity index (χ1n) is 7.64. The summed E-state index contributed by atoms with van der Waals surface area (Å²) in [6.45, 7) is 0. The van der Waals surface area contributed by atoms with Crippen LogP contribution in [0.5, 0.6) is 5.75 Å². The molecule has 1 heterocycles. The Balaban J connectivity index is 2.01. The maximum atomic E-state index is 13.1. The summed E-state index contributed by atoms with van der Waals surface area (Å²) in [6.07, 6.45) is 0. The zero-order chi connectivity index (χ0) is 18.8. The molecule has 0 saturated heterocycles. The fraction of sp³-hybridized carbons (Fsp3) is 0.176. The van der Waals surface area contributed by atoms with E-state index in [1.165, 1.54) is 31.4 Å². The van der Waals surface area contributed by atoms with Crippen molar-refractivity contribution >= 4 is 17.3 Å². The number of nitro benzene ring substituents is 1. The normalized spacial score (nSPS) is 10.6. The maximum absolute atomic E-state index is 13.1. The van der Waals surface area contributed by atoms with E-state index in [0.29, 0.717) is 23.1 Å². The second-order valence-corrected chi connectivity index (χ2v) is 5.56. The number of hydrogen-bond acceptors (Lipinski definition) is 6. The summed E-state index contributed by atoms with van der Waals surface area (Å²) in [6, 6.07) is 10.3. The number of nitrogens with zero attached hydrogens (tertiary/aromatic N) is 5. The summed E-state index contributed by atoms with van der Waals surface area (Å²) in [5.41, 5.74) is 1.24. The van der Waals surface area contributed by atoms with Crippen molar-refractivity contribution in [2.24, 2.45) is 7.05 Å². The molecule has 3 aromatic rings. The minimum Gasteiger partial charge on any atom is -0.496 e. The van der Waals surface area contributed by atoms with Gasteiger partial charge in [-0.15, -0.1) is 10.2 Å². The highest BCUT2D eigenvalue weighted by atomic mass is 19.1. The van der Waals surface area contributed by atoms with Gasteiger partial charge in [-0.3, -0.25) is 14.7 Å². The van der Waals surface area contributed by atoms with Gasteiger partial charge in [0.1, 0.15) is 11.6 Å². The molecule has 8 nitrogen and oxygen atoms in total. The van der Waals surface area contributed by atoms with Crippen molar-refractivity contribution in [1.82, 2.24) is 14.8 Å². The minimum absolute atomic E-state index is 0.0728. The van der Waals surface area contributed by atoms with E-state index in [4.69, 9.17) is 4.74 Å². The topological polar surface area (TPSA) is 86.3 Å². The van der Waals surface area contributed by atoms with Crippen molar-refractivity contribution in [2.75, 3.05) is 19.1 Å². The van der Waals surface area contributed by atoms with Gasteiger partial charge in [-0.05, 0) is 30.3 Å². The summed E-state index contributed by atoms with van der Waals surface area (Å²) in [4.78, 5) is 12.2. The molecule has 134 valence electrons. The van der Waals surface area contributed by atoms with E-state index in [-0.39, 0.29) is 11.5 Å². The Bertz CT molecular complexity index is 956. The summed E-state index contributed by atoms with van der Waals surface area (Å²) < 4.78 is 20.1. The molecule has 0 spiro atoms. The lowest BCUT2D eigenvalue weighted by Crippen LogP contribution is -2.14. The Kier molecular flexibility index (Phi) is 4.53. The van der Waals surface area contributed by atoms with Crippen molar-refractivity contribution < 1.29 is 14.1 Å². The summed E-state index contributed by atoms with van der Waals surface area (Å²) in [5, 5.41) is 19.3. The minimum atomic E-state index is -0.489. The van der Waals surface area contributed by atoms with Gasteiger partial charge in [-0.1, -0.05) is 0 Å². The maximum Gasteiger partial charge on any atom is 0.273 e. The molecule has 0 bridgehead atoms. The van der Waals surface area contributed by atoms with E-state index >= 15 is 0 Å². The van der Waals surface area contributed by atoms with Crippen LogP contribution in [-0.4, -0.2) is 33.8 Å². The Morgan fingerprint density at radius 2 is 1.88 bits per heavy atom. The molecular formula is C17H16FN5O3. The van der Waals surface area contributed by atoms with E-state index in [0.717, 1.165) is 5.69 Å². The zero-order valence-corrected chi connectivity index (χ0v) is 14.4. The first-order valence-corrected chi connectivity index (χ1v) is 7.64. The van der Waals surface area contributed by atoms with Crippen molar-refractivity contribution in [2.45, 2.75) is 0 Å².